The highest BCUT2D eigenvalue weighted by Gasteiger charge is 2.19. The van der Waals surface area contributed by atoms with Gasteiger partial charge in [-0.25, -0.2) is 9.78 Å². The van der Waals surface area contributed by atoms with Crippen molar-refractivity contribution < 1.29 is 9.53 Å². The molecule has 122 valence electrons. The number of halogens is 3. The second-order valence-electron chi connectivity index (χ2n) is 4.82. The van der Waals surface area contributed by atoms with Gasteiger partial charge in [-0.2, -0.15) is 0 Å². The minimum Gasteiger partial charge on any atom is -0.454 e. The second-order valence-corrected chi connectivity index (χ2v) is 6.02. The van der Waals surface area contributed by atoms with Crippen LogP contribution in [0, 0.1) is 0 Å². The number of hydrogen-bond acceptors (Lipinski definition) is 4. The molecule has 0 atom stereocenters. The van der Waals surface area contributed by atoms with E-state index in [1.54, 1.807) is 24.3 Å². The van der Waals surface area contributed by atoms with Crippen LogP contribution in [0.15, 0.2) is 41.2 Å². The van der Waals surface area contributed by atoms with Crippen LogP contribution in [0.3, 0.4) is 0 Å². The van der Waals surface area contributed by atoms with E-state index < -0.39 is 5.97 Å². The topological polar surface area (TPSA) is 72.0 Å². The molecule has 0 bridgehead atoms. The molecule has 2 aromatic carbocycles. The van der Waals surface area contributed by atoms with Crippen molar-refractivity contribution in [1.82, 2.24) is 9.97 Å². The van der Waals surface area contributed by atoms with Gasteiger partial charge in [-0.15, -0.1) is 0 Å². The van der Waals surface area contributed by atoms with Crippen molar-refractivity contribution in [2.24, 2.45) is 0 Å². The Kier molecular flexibility index (Phi) is 4.76. The van der Waals surface area contributed by atoms with Gasteiger partial charge in [0.05, 0.1) is 31.5 Å². The van der Waals surface area contributed by atoms with Gasteiger partial charge < -0.3 is 9.72 Å². The summed E-state index contributed by atoms with van der Waals surface area (Å²) in [6.45, 7) is -0.238. The number of H-pyrrole nitrogens is 1. The summed E-state index contributed by atoms with van der Waals surface area (Å²) >= 11 is 17.8. The zero-order valence-corrected chi connectivity index (χ0v) is 14.2. The third-order valence-electron chi connectivity index (χ3n) is 3.25. The van der Waals surface area contributed by atoms with Crippen LogP contribution in [0.25, 0.3) is 10.9 Å². The molecule has 3 aromatic rings. The number of para-hydroxylation sites is 1. The number of esters is 1. The van der Waals surface area contributed by atoms with Gasteiger partial charge in [0.2, 0.25) is 0 Å². The second kappa shape index (κ2) is 6.81. The van der Waals surface area contributed by atoms with Gasteiger partial charge in [-0.05, 0) is 24.3 Å². The van der Waals surface area contributed by atoms with Crippen LogP contribution in [-0.4, -0.2) is 15.9 Å². The first-order chi connectivity index (χ1) is 11.5. The number of ether oxygens (including phenoxy) is 1. The first-order valence-corrected chi connectivity index (χ1v) is 7.89. The number of nitrogens with one attached hydrogen (secondary N) is 1. The van der Waals surface area contributed by atoms with Crippen LogP contribution in [0.2, 0.25) is 15.1 Å². The van der Waals surface area contributed by atoms with Crippen LogP contribution in [0.1, 0.15) is 16.2 Å². The van der Waals surface area contributed by atoms with Gasteiger partial charge >= 0.3 is 5.97 Å². The molecule has 0 saturated carbocycles. The zero-order valence-electron chi connectivity index (χ0n) is 12.0. The fourth-order valence-corrected chi connectivity index (χ4v) is 2.81. The van der Waals surface area contributed by atoms with Crippen molar-refractivity contribution in [3.63, 3.8) is 0 Å². The van der Waals surface area contributed by atoms with E-state index in [1.165, 1.54) is 12.1 Å². The van der Waals surface area contributed by atoms with E-state index in [2.05, 4.69) is 9.97 Å². The van der Waals surface area contributed by atoms with Crippen LogP contribution in [0.5, 0.6) is 0 Å². The maximum atomic E-state index is 12.2. The maximum Gasteiger partial charge on any atom is 0.341 e. The van der Waals surface area contributed by atoms with Crippen LogP contribution in [0.4, 0.5) is 0 Å². The Bertz CT molecular complexity index is 1000. The SMILES string of the molecule is O=C(OCc1nc2ccccc2c(=O)[nH]1)c1c(Cl)ccc(Cl)c1Cl. The Morgan fingerprint density at radius 3 is 2.58 bits per heavy atom. The Morgan fingerprint density at radius 1 is 1.08 bits per heavy atom. The van der Waals surface area contributed by atoms with Gasteiger partial charge in [0.15, 0.2) is 0 Å². The molecule has 0 amide bonds. The molecule has 5 nitrogen and oxygen atoms in total. The number of aromatic nitrogens is 2. The van der Waals surface area contributed by atoms with E-state index in [4.69, 9.17) is 39.5 Å². The first kappa shape index (κ1) is 16.8. The van der Waals surface area contributed by atoms with Crippen molar-refractivity contribution in [2.45, 2.75) is 6.61 Å². The summed E-state index contributed by atoms with van der Waals surface area (Å²) in [5.74, 6) is -0.551. The zero-order chi connectivity index (χ0) is 17.3. The third-order valence-corrected chi connectivity index (χ3v) is 4.37. The molecular weight excluding hydrogens is 375 g/mol. The molecule has 1 N–H and O–H groups in total. The van der Waals surface area contributed by atoms with Gasteiger partial charge in [-0.3, -0.25) is 4.79 Å². The van der Waals surface area contributed by atoms with E-state index >= 15 is 0 Å². The number of hydrogen-bond donors (Lipinski definition) is 1. The normalized spacial score (nSPS) is 10.8. The third kappa shape index (κ3) is 3.24. The summed E-state index contributed by atoms with van der Waals surface area (Å²) in [6.07, 6.45) is 0. The first-order valence-electron chi connectivity index (χ1n) is 6.76. The summed E-state index contributed by atoms with van der Waals surface area (Å²) in [6, 6.07) is 9.77. The molecule has 0 radical (unpaired) electrons. The Morgan fingerprint density at radius 2 is 1.79 bits per heavy atom. The molecule has 8 heteroatoms. The molecule has 3 rings (SSSR count). The standard InChI is InChI=1S/C16H9Cl3N2O3/c17-9-5-6-10(18)14(19)13(9)16(23)24-7-12-20-11-4-2-1-3-8(11)15(22)21-12/h1-6H,7H2,(H,20,21,22). The average Bonchev–Trinajstić information content (AvgIpc) is 2.57. The fraction of sp³-hybridized carbons (Fsp3) is 0.0625. The lowest BCUT2D eigenvalue weighted by Gasteiger charge is -2.09. The molecule has 0 spiro atoms. The number of carbonyl (C=O) groups is 1. The summed E-state index contributed by atoms with van der Waals surface area (Å²) in [7, 11) is 0. The monoisotopic (exact) mass is 382 g/mol. The average molecular weight is 384 g/mol. The van der Waals surface area contributed by atoms with E-state index in [-0.39, 0.29) is 38.6 Å². The number of benzene rings is 2. The summed E-state index contributed by atoms with van der Waals surface area (Å²) in [4.78, 5) is 31.0. The number of nitrogens with zero attached hydrogens (tertiary/aromatic N) is 1. The van der Waals surface area contributed by atoms with Gasteiger partial charge in [0.25, 0.3) is 5.56 Å². The van der Waals surface area contributed by atoms with Gasteiger partial charge in [0, 0.05) is 0 Å². The molecule has 0 aliphatic rings. The smallest absolute Gasteiger partial charge is 0.341 e. The molecular formula is C16H9Cl3N2O3. The van der Waals surface area contributed by atoms with Crippen molar-refractivity contribution in [2.75, 3.05) is 0 Å². The lowest BCUT2D eigenvalue weighted by atomic mass is 10.2. The Hall–Kier alpha value is -2.08. The summed E-state index contributed by atoms with van der Waals surface area (Å²) < 4.78 is 5.14. The largest absolute Gasteiger partial charge is 0.454 e. The fourth-order valence-electron chi connectivity index (χ4n) is 2.12. The van der Waals surface area contributed by atoms with E-state index in [0.29, 0.717) is 10.9 Å². The van der Waals surface area contributed by atoms with Crippen molar-refractivity contribution >= 4 is 51.7 Å². The minimum absolute atomic E-state index is 0.00845. The van der Waals surface area contributed by atoms with Crippen LogP contribution >= 0.6 is 34.8 Å². The van der Waals surface area contributed by atoms with Crippen molar-refractivity contribution in [3.8, 4) is 0 Å². The van der Waals surface area contributed by atoms with E-state index in [1.807, 2.05) is 0 Å². The Balaban J connectivity index is 1.85. The predicted octanol–water partition coefficient (Wildman–Crippen LogP) is 4.24. The number of rotatable bonds is 3. The highest BCUT2D eigenvalue weighted by molar-refractivity contribution is 6.46. The number of aromatic amines is 1. The molecule has 0 fully saturated rings. The Labute approximate surface area is 151 Å². The number of fused-ring (bicyclic) bond motifs is 1. The molecule has 24 heavy (non-hydrogen) atoms. The minimum atomic E-state index is -0.761. The van der Waals surface area contributed by atoms with Crippen molar-refractivity contribution in [1.29, 1.82) is 0 Å². The molecule has 0 aliphatic heterocycles. The lowest BCUT2D eigenvalue weighted by Crippen LogP contribution is -2.15. The van der Waals surface area contributed by atoms with Crippen molar-refractivity contribution in [3.05, 3.63) is 73.2 Å². The van der Waals surface area contributed by atoms with E-state index in [9.17, 15) is 9.59 Å². The lowest BCUT2D eigenvalue weighted by molar-refractivity contribution is 0.0462. The van der Waals surface area contributed by atoms with Gasteiger partial charge in [0.1, 0.15) is 12.4 Å². The summed E-state index contributed by atoms with van der Waals surface area (Å²) in [5.41, 5.74) is 0.158. The predicted molar refractivity (Wildman–Crippen MR) is 93.0 cm³/mol. The maximum absolute atomic E-state index is 12.2. The molecule has 0 unspecified atom stereocenters. The highest BCUT2D eigenvalue weighted by atomic mass is 35.5. The van der Waals surface area contributed by atoms with E-state index in [0.717, 1.165) is 0 Å². The molecule has 1 heterocycles. The van der Waals surface area contributed by atoms with Crippen LogP contribution < -0.4 is 5.56 Å². The highest BCUT2D eigenvalue weighted by Crippen LogP contribution is 2.32. The number of carbonyl (C=O) groups excluding carboxylic acids is 1. The molecule has 0 saturated heterocycles. The van der Waals surface area contributed by atoms with Crippen LogP contribution in [-0.2, 0) is 11.3 Å². The molecule has 1 aromatic heterocycles. The quantitative estimate of drug-likeness (QED) is 0.542. The summed E-state index contributed by atoms with van der Waals surface area (Å²) in [5, 5.41) is 0.766. The molecule has 0 aliphatic carbocycles. The van der Waals surface area contributed by atoms with Gasteiger partial charge in [-0.1, -0.05) is 46.9 Å².